The van der Waals surface area contributed by atoms with E-state index >= 15 is 0 Å². The molecule has 1 aliphatic heterocycles. The number of nitrogens with zero attached hydrogens (tertiary/aromatic N) is 1. The molecular formula is C16H26N2O3. The van der Waals surface area contributed by atoms with Gasteiger partial charge in [0.05, 0.1) is 5.92 Å². The lowest BCUT2D eigenvalue weighted by atomic mass is 10.0. The number of ether oxygens (including phenoxy) is 1. The Morgan fingerprint density at radius 3 is 2.62 bits per heavy atom. The van der Waals surface area contributed by atoms with Gasteiger partial charge < -0.3 is 15.0 Å². The van der Waals surface area contributed by atoms with Crippen molar-refractivity contribution in [2.75, 3.05) is 13.1 Å². The zero-order valence-electron chi connectivity index (χ0n) is 13.2. The highest BCUT2D eigenvalue weighted by atomic mass is 16.6. The molecule has 2 atom stereocenters. The summed E-state index contributed by atoms with van der Waals surface area (Å²) in [6.45, 7) is 6.60. The second-order valence-corrected chi connectivity index (χ2v) is 6.90. The van der Waals surface area contributed by atoms with Crippen LogP contribution in [0.2, 0.25) is 0 Å². The predicted octanol–water partition coefficient (Wildman–Crippen LogP) is 2.47. The van der Waals surface area contributed by atoms with Gasteiger partial charge in [-0.15, -0.1) is 0 Å². The Balaban J connectivity index is 1.80. The van der Waals surface area contributed by atoms with Gasteiger partial charge in [-0.25, -0.2) is 4.79 Å². The van der Waals surface area contributed by atoms with Crippen molar-refractivity contribution in [1.82, 2.24) is 10.2 Å². The van der Waals surface area contributed by atoms with Crippen molar-refractivity contribution in [3.63, 3.8) is 0 Å². The van der Waals surface area contributed by atoms with E-state index in [9.17, 15) is 9.59 Å². The Morgan fingerprint density at radius 1 is 1.24 bits per heavy atom. The Labute approximate surface area is 126 Å². The van der Waals surface area contributed by atoms with E-state index in [2.05, 4.69) is 17.5 Å². The Kier molecular flexibility index (Phi) is 4.91. The number of likely N-dealkylation sites (tertiary alicyclic amines) is 1. The standard InChI is InChI=1S/C16H26N2O3/c1-16(2,3)21-15(20)18-10-9-12(11-18)14(19)17-13-7-5-4-6-8-13/h4-5,12-13H,6-11H2,1-3H3,(H,17,19)/t12-,13+/m1/s1. The van der Waals surface area contributed by atoms with E-state index in [-0.39, 0.29) is 24.0 Å². The lowest BCUT2D eigenvalue weighted by Gasteiger charge is -2.24. The summed E-state index contributed by atoms with van der Waals surface area (Å²) in [6, 6.07) is 0.248. The summed E-state index contributed by atoms with van der Waals surface area (Å²) in [6.07, 6.45) is 7.61. The predicted molar refractivity (Wildman–Crippen MR) is 80.8 cm³/mol. The van der Waals surface area contributed by atoms with E-state index in [1.807, 2.05) is 20.8 Å². The van der Waals surface area contributed by atoms with Crippen molar-refractivity contribution in [2.24, 2.45) is 5.92 Å². The van der Waals surface area contributed by atoms with Crippen molar-refractivity contribution >= 4 is 12.0 Å². The molecule has 1 saturated heterocycles. The molecule has 1 N–H and O–H groups in total. The Hall–Kier alpha value is -1.52. The van der Waals surface area contributed by atoms with Gasteiger partial charge in [0.1, 0.15) is 5.60 Å². The van der Waals surface area contributed by atoms with Gasteiger partial charge in [-0.2, -0.15) is 0 Å². The van der Waals surface area contributed by atoms with Crippen molar-refractivity contribution in [3.05, 3.63) is 12.2 Å². The number of hydrogen-bond donors (Lipinski definition) is 1. The molecule has 2 amide bonds. The molecule has 0 aromatic rings. The van der Waals surface area contributed by atoms with Crippen LogP contribution in [-0.2, 0) is 9.53 Å². The fraction of sp³-hybridized carbons (Fsp3) is 0.750. The quantitative estimate of drug-likeness (QED) is 0.796. The number of nitrogens with one attached hydrogen (secondary N) is 1. The minimum atomic E-state index is -0.494. The average Bonchev–Trinajstić information content (AvgIpc) is 2.87. The first-order valence-corrected chi connectivity index (χ1v) is 7.78. The zero-order chi connectivity index (χ0) is 15.5. The second-order valence-electron chi connectivity index (χ2n) is 6.90. The molecule has 0 radical (unpaired) electrons. The molecule has 0 aromatic carbocycles. The maximum Gasteiger partial charge on any atom is 0.410 e. The topological polar surface area (TPSA) is 58.6 Å². The van der Waals surface area contributed by atoms with Gasteiger partial charge in [0.25, 0.3) is 0 Å². The first kappa shape index (κ1) is 15.9. The summed E-state index contributed by atoms with van der Waals surface area (Å²) >= 11 is 0. The van der Waals surface area contributed by atoms with Gasteiger partial charge in [-0.3, -0.25) is 4.79 Å². The second kappa shape index (κ2) is 6.50. The third kappa shape index (κ3) is 4.76. The molecule has 1 heterocycles. The van der Waals surface area contributed by atoms with Crippen LogP contribution in [0.4, 0.5) is 4.79 Å². The normalized spacial score (nSPS) is 25.8. The summed E-state index contributed by atoms with van der Waals surface area (Å²) < 4.78 is 5.35. The van der Waals surface area contributed by atoms with E-state index in [4.69, 9.17) is 4.74 Å². The molecule has 2 aliphatic rings. The zero-order valence-corrected chi connectivity index (χ0v) is 13.2. The molecular weight excluding hydrogens is 268 g/mol. The fourth-order valence-electron chi connectivity index (χ4n) is 2.71. The van der Waals surface area contributed by atoms with E-state index in [1.54, 1.807) is 4.90 Å². The lowest BCUT2D eigenvalue weighted by molar-refractivity contribution is -0.125. The van der Waals surface area contributed by atoms with Crippen molar-refractivity contribution in [3.8, 4) is 0 Å². The van der Waals surface area contributed by atoms with Gasteiger partial charge in [-0.05, 0) is 46.5 Å². The molecule has 0 bridgehead atoms. The summed E-state index contributed by atoms with van der Waals surface area (Å²) in [5.41, 5.74) is -0.494. The van der Waals surface area contributed by atoms with Crippen molar-refractivity contribution in [1.29, 1.82) is 0 Å². The molecule has 5 heteroatoms. The lowest BCUT2D eigenvalue weighted by Crippen LogP contribution is -2.41. The van der Waals surface area contributed by atoms with Crippen LogP contribution in [0.25, 0.3) is 0 Å². The van der Waals surface area contributed by atoms with Crippen molar-refractivity contribution < 1.29 is 14.3 Å². The van der Waals surface area contributed by atoms with Crippen LogP contribution < -0.4 is 5.32 Å². The van der Waals surface area contributed by atoms with Gasteiger partial charge in [0, 0.05) is 19.1 Å². The number of carbonyl (C=O) groups excluding carboxylic acids is 2. The maximum absolute atomic E-state index is 12.3. The molecule has 2 rings (SSSR count). The fourth-order valence-corrected chi connectivity index (χ4v) is 2.71. The monoisotopic (exact) mass is 294 g/mol. The molecule has 21 heavy (non-hydrogen) atoms. The smallest absolute Gasteiger partial charge is 0.410 e. The van der Waals surface area contributed by atoms with Gasteiger partial charge in [0.2, 0.25) is 5.91 Å². The summed E-state index contributed by atoms with van der Waals surface area (Å²) in [5, 5.41) is 3.10. The summed E-state index contributed by atoms with van der Waals surface area (Å²) in [7, 11) is 0. The molecule has 0 aromatic heterocycles. The summed E-state index contributed by atoms with van der Waals surface area (Å²) in [4.78, 5) is 25.9. The number of amides is 2. The number of rotatable bonds is 2. The largest absolute Gasteiger partial charge is 0.444 e. The van der Waals surface area contributed by atoms with Crippen LogP contribution in [0, 0.1) is 5.92 Å². The van der Waals surface area contributed by atoms with Crippen molar-refractivity contribution in [2.45, 2.75) is 58.1 Å². The molecule has 5 nitrogen and oxygen atoms in total. The SMILES string of the molecule is CC(C)(C)OC(=O)N1CC[C@@H](C(=O)N[C@H]2CC=CCC2)C1. The van der Waals surface area contributed by atoms with Gasteiger partial charge in [0.15, 0.2) is 0 Å². The molecule has 0 saturated carbocycles. The van der Waals surface area contributed by atoms with Crippen LogP contribution in [0.3, 0.4) is 0 Å². The van der Waals surface area contributed by atoms with Gasteiger partial charge in [-0.1, -0.05) is 12.2 Å². The third-order valence-corrected chi connectivity index (χ3v) is 3.83. The van der Waals surface area contributed by atoms with Crippen LogP contribution in [0.1, 0.15) is 46.5 Å². The third-order valence-electron chi connectivity index (χ3n) is 3.83. The molecule has 0 spiro atoms. The Morgan fingerprint density at radius 2 is 2.00 bits per heavy atom. The van der Waals surface area contributed by atoms with E-state index in [0.717, 1.165) is 19.3 Å². The first-order valence-electron chi connectivity index (χ1n) is 7.78. The number of carbonyl (C=O) groups is 2. The minimum Gasteiger partial charge on any atom is -0.444 e. The number of allylic oxidation sites excluding steroid dienone is 1. The van der Waals surface area contributed by atoms with E-state index in [1.165, 1.54) is 0 Å². The van der Waals surface area contributed by atoms with Crippen LogP contribution >= 0.6 is 0 Å². The van der Waals surface area contributed by atoms with Crippen LogP contribution in [0.5, 0.6) is 0 Å². The van der Waals surface area contributed by atoms with E-state index < -0.39 is 5.60 Å². The number of hydrogen-bond acceptors (Lipinski definition) is 3. The first-order chi connectivity index (χ1) is 9.85. The molecule has 118 valence electrons. The maximum atomic E-state index is 12.3. The average molecular weight is 294 g/mol. The highest BCUT2D eigenvalue weighted by molar-refractivity contribution is 5.80. The van der Waals surface area contributed by atoms with E-state index in [0.29, 0.717) is 19.5 Å². The van der Waals surface area contributed by atoms with Crippen LogP contribution in [-0.4, -0.2) is 41.6 Å². The van der Waals surface area contributed by atoms with Crippen LogP contribution in [0.15, 0.2) is 12.2 Å². The highest BCUT2D eigenvalue weighted by Crippen LogP contribution is 2.20. The molecule has 0 unspecified atom stereocenters. The Bertz CT molecular complexity index is 426. The highest BCUT2D eigenvalue weighted by Gasteiger charge is 2.34. The molecule has 1 aliphatic carbocycles. The minimum absolute atomic E-state index is 0.0707. The summed E-state index contributed by atoms with van der Waals surface area (Å²) in [5.74, 6) is -0.0372. The molecule has 1 fully saturated rings. The van der Waals surface area contributed by atoms with Gasteiger partial charge >= 0.3 is 6.09 Å².